The largest absolute Gasteiger partial charge is 0.493 e. The first-order valence-electron chi connectivity index (χ1n) is 7.57. The lowest BCUT2D eigenvalue weighted by Crippen LogP contribution is -2.25. The summed E-state index contributed by atoms with van der Waals surface area (Å²) in [4.78, 5) is 11.4. The van der Waals surface area contributed by atoms with E-state index in [1.54, 1.807) is 0 Å². The second-order valence-electron chi connectivity index (χ2n) is 5.52. The Bertz CT molecular complexity index is 477. The quantitative estimate of drug-likeness (QED) is 0.636. The second kappa shape index (κ2) is 8.00. The van der Waals surface area contributed by atoms with Crippen molar-refractivity contribution in [2.24, 2.45) is 5.92 Å². The van der Waals surface area contributed by atoms with Crippen LogP contribution >= 0.6 is 0 Å². The van der Waals surface area contributed by atoms with Gasteiger partial charge in [0.15, 0.2) is 0 Å². The van der Waals surface area contributed by atoms with Gasteiger partial charge in [-0.25, -0.2) is 0 Å². The summed E-state index contributed by atoms with van der Waals surface area (Å²) in [7, 11) is 0. The highest BCUT2D eigenvalue weighted by Gasteiger charge is 2.17. The van der Waals surface area contributed by atoms with Crippen LogP contribution in [0.2, 0.25) is 0 Å². The summed E-state index contributed by atoms with van der Waals surface area (Å²) < 4.78 is 5.83. The molecule has 0 saturated carbocycles. The fourth-order valence-corrected chi connectivity index (χ4v) is 2.32. The Labute approximate surface area is 125 Å². The van der Waals surface area contributed by atoms with Crippen molar-refractivity contribution in [3.63, 3.8) is 0 Å². The normalized spacial score (nSPS) is 15.2. The number of nitrogens with one attached hydrogen (secondary N) is 2. The number of fused-ring (bicyclic) bond motifs is 1. The third-order valence-electron chi connectivity index (χ3n) is 3.57. The predicted octanol–water partition coefficient (Wildman–Crippen LogP) is 1.56. The number of hydrogen-bond donors (Lipinski definition) is 3. The SMILES string of the molecule is CC(CO)CNCCCOc1cccc2c1CCC(=O)N2. The Hall–Kier alpha value is -1.59. The fourth-order valence-electron chi connectivity index (χ4n) is 2.32. The number of aliphatic hydroxyl groups excluding tert-OH is 1. The molecule has 116 valence electrons. The van der Waals surface area contributed by atoms with Crippen LogP contribution in [0.15, 0.2) is 18.2 Å². The Morgan fingerprint density at radius 3 is 3.10 bits per heavy atom. The molecule has 0 radical (unpaired) electrons. The zero-order chi connectivity index (χ0) is 15.1. The van der Waals surface area contributed by atoms with Crippen molar-refractivity contribution in [3.8, 4) is 5.75 Å². The molecule has 1 heterocycles. The van der Waals surface area contributed by atoms with Crippen molar-refractivity contribution in [1.82, 2.24) is 5.32 Å². The number of carbonyl (C=O) groups excluding carboxylic acids is 1. The summed E-state index contributed by atoms with van der Waals surface area (Å²) in [5, 5.41) is 15.1. The highest BCUT2D eigenvalue weighted by Crippen LogP contribution is 2.30. The molecule has 3 N–H and O–H groups in total. The molecule has 5 heteroatoms. The van der Waals surface area contributed by atoms with Crippen LogP contribution < -0.4 is 15.4 Å². The molecule has 0 aromatic heterocycles. The van der Waals surface area contributed by atoms with Crippen molar-refractivity contribution in [3.05, 3.63) is 23.8 Å². The minimum absolute atomic E-state index is 0.0712. The summed E-state index contributed by atoms with van der Waals surface area (Å²) in [6, 6.07) is 5.77. The topological polar surface area (TPSA) is 70.6 Å². The van der Waals surface area contributed by atoms with Crippen LogP contribution in [0.3, 0.4) is 0 Å². The zero-order valence-corrected chi connectivity index (χ0v) is 12.5. The number of hydrogen-bond acceptors (Lipinski definition) is 4. The first-order valence-corrected chi connectivity index (χ1v) is 7.57. The zero-order valence-electron chi connectivity index (χ0n) is 12.5. The van der Waals surface area contributed by atoms with Crippen molar-refractivity contribution < 1.29 is 14.6 Å². The fraction of sp³-hybridized carbons (Fsp3) is 0.562. The van der Waals surface area contributed by atoms with E-state index in [-0.39, 0.29) is 18.4 Å². The van der Waals surface area contributed by atoms with Crippen LogP contribution in [0.4, 0.5) is 5.69 Å². The minimum Gasteiger partial charge on any atom is -0.493 e. The van der Waals surface area contributed by atoms with E-state index in [1.165, 1.54) is 0 Å². The maximum Gasteiger partial charge on any atom is 0.224 e. The van der Waals surface area contributed by atoms with Gasteiger partial charge in [0.1, 0.15) is 5.75 Å². The molecule has 0 spiro atoms. The number of carbonyl (C=O) groups is 1. The van der Waals surface area contributed by atoms with Crippen LogP contribution in [-0.4, -0.2) is 37.3 Å². The minimum atomic E-state index is 0.0712. The maximum atomic E-state index is 11.4. The van der Waals surface area contributed by atoms with E-state index in [4.69, 9.17) is 9.84 Å². The number of anilines is 1. The third kappa shape index (κ3) is 4.72. The molecule has 1 aromatic rings. The average molecular weight is 292 g/mol. The summed E-state index contributed by atoms with van der Waals surface area (Å²) in [5.74, 6) is 1.23. The smallest absolute Gasteiger partial charge is 0.224 e. The Kier molecular flexibility index (Phi) is 6.02. The Balaban J connectivity index is 1.74. The highest BCUT2D eigenvalue weighted by atomic mass is 16.5. The van der Waals surface area contributed by atoms with Crippen molar-refractivity contribution in [1.29, 1.82) is 0 Å². The number of aliphatic hydroxyl groups is 1. The molecule has 5 nitrogen and oxygen atoms in total. The summed E-state index contributed by atoms with van der Waals surface area (Å²) in [6.45, 7) is 4.56. The van der Waals surface area contributed by atoms with Crippen LogP contribution in [0.5, 0.6) is 5.75 Å². The van der Waals surface area contributed by atoms with Crippen molar-refractivity contribution >= 4 is 11.6 Å². The molecule has 0 fully saturated rings. The van der Waals surface area contributed by atoms with E-state index in [9.17, 15) is 4.79 Å². The summed E-state index contributed by atoms with van der Waals surface area (Å²) in [5.41, 5.74) is 1.97. The van der Waals surface area contributed by atoms with Gasteiger partial charge in [-0.05, 0) is 44.0 Å². The molecule has 0 bridgehead atoms. The number of amides is 1. The number of benzene rings is 1. The highest BCUT2D eigenvalue weighted by molar-refractivity contribution is 5.94. The van der Waals surface area contributed by atoms with Gasteiger partial charge in [0.05, 0.1) is 6.61 Å². The molecule has 0 aliphatic carbocycles. The molecule has 1 aromatic carbocycles. The van der Waals surface area contributed by atoms with E-state index >= 15 is 0 Å². The number of rotatable bonds is 8. The average Bonchev–Trinajstić information content (AvgIpc) is 2.50. The molecule has 1 atom stereocenters. The van der Waals surface area contributed by atoms with E-state index in [1.807, 2.05) is 25.1 Å². The van der Waals surface area contributed by atoms with E-state index in [0.29, 0.717) is 13.0 Å². The van der Waals surface area contributed by atoms with Gasteiger partial charge in [0.2, 0.25) is 5.91 Å². The lowest BCUT2D eigenvalue weighted by Gasteiger charge is -2.20. The van der Waals surface area contributed by atoms with E-state index in [2.05, 4.69) is 10.6 Å². The maximum absolute atomic E-state index is 11.4. The van der Waals surface area contributed by atoms with Gasteiger partial charge < -0.3 is 20.5 Å². The molecular weight excluding hydrogens is 268 g/mol. The molecule has 1 amide bonds. The monoisotopic (exact) mass is 292 g/mol. The molecule has 1 aliphatic rings. The molecular formula is C16H24N2O3. The third-order valence-corrected chi connectivity index (χ3v) is 3.57. The van der Waals surface area contributed by atoms with Crippen molar-refractivity contribution in [2.45, 2.75) is 26.2 Å². The van der Waals surface area contributed by atoms with Gasteiger partial charge in [-0.1, -0.05) is 13.0 Å². The summed E-state index contributed by atoms with van der Waals surface area (Å²) in [6.07, 6.45) is 2.17. The predicted molar refractivity (Wildman–Crippen MR) is 82.6 cm³/mol. The molecule has 1 aliphatic heterocycles. The summed E-state index contributed by atoms with van der Waals surface area (Å²) >= 11 is 0. The second-order valence-corrected chi connectivity index (χ2v) is 5.52. The first-order chi connectivity index (χ1) is 10.2. The van der Waals surface area contributed by atoms with Gasteiger partial charge in [-0.2, -0.15) is 0 Å². The Morgan fingerprint density at radius 2 is 2.29 bits per heavy atom. The van der Waals surface area contributed by atoms with Crippen molar-refractivity contribution in [2.75, 3.05) is 31.6 Å². The van der Waals surface area contributed by atoms with Gasteiger partial charge in [0.25, 0.3) is 0 Å². The number of ether oxygens (including phenoxy) is 1. The first kappa shape index (κ1) is 15.8. The van der Waals surface area contributed by atoms with Crippen LogP contribution in [0.25, 0.3) is 0 Å². The van der Waals surface area contributed by atoms with Crippen LogP contribution in [-0.2, 0) is 11.2 Å². The van der Waals surface area contributed by atoms with Gasteiger partial charge >= 0.3 is 0 Å². The molecule has 0 saturated heterocycles. The molecule has 21 heavy (non-hydrogen) atoms. The lowest BCUT2D eigenvalue weighted by molar-refractivity contribution is -0.116. The lowest BCUT2D eigenvalue weighted by atomic mass is 10.0. The standard InChI is InChI=1S/C16H24N2O3/c1-12(11-19)10-17-8-3-9-21-15-5-2-4-14-13(15)6-7-16(20)18-14/h2,4-5,12,17,19H,3,6-11H2,1H3,(H,18,20). The van der Waals surface area contributed by atoms with Crippen LogP contribution in [0, 0.1) is 5.92 Å². The van der Waals surface area contributed by atoms with E-state index < -0.39 is 0 Å². The molecule has 2 rings (SSSR count). The van der Waals surface area contributed by atoms with Gasteiger partial charge in [-0.3, -0.25) is 4.79 Å². The van der Waals surface area contributed by atoms with E-state index in [0.717, 1.165) is 42.9 Å². The molecule has 1 unspecified atom stereocenters. The van der Waals surface area contributed by atoms with Crippen LogP contribution in [0.1, 0.15) is 25.3 Å². The van der Waals surface area contributed by atoms with Gasteiger partial charge in [0, 0.05) is 24.3 Å². The Morgan fingerprint density at radius 1 is 1.43 bits per heavy atom. The van der Waals surface area contributed by atoms with Gasteiger partial charge in [-0.15, -0.1) is 0 Å².